The zero-order chi connectivity index (χ0) is 18.4. The predicted octanol–water partition coefficient (Wildman–Crippen LogP) is 4.82. The molecule has 3 rings (SSSR count). The van der Waals surface area contributed by atoms with Gasteiger partial charge in [-0.2, -0.15) is 5.26 Å². The number of thiophene rings is 1. The molecule has 0 aliphatic carbocycles. The maximum Gasteiger partial charge on any atom is 0.213 e. The van der Waals surface area contributed by atoms with E-state index in [2.05, 4.69) is 4.98 Å². The van der Waals surface area contributed by atoms with Gasteiger partial charge in [-0.25, -0.2) is 0 Å². The Labute approximate surface area is 156 Å². The van der Waals surface area contributed by atoms with Crippen molar-refractivity contribution in [3.63, 3.8) is 0 Å². The number of ether oxygens (including phenoxy) is 1. The van der Waals surface area contributed by atoms with Gasteiger partial charge in [0.15, 0.2) is 0 Å². The summed E-state index contributed by atoms with van der Waals surface area (Å²) in [5.74, 6) is 0.474. The summed E-state index contributed by atoms with van der Waals surface area (Å²) in [5.41, 5.74) is 2.78. The standard InChI is InChI=1S/C21H16N2O2S/c1-15-8-10-26-21(15)20(24)18(12-22)11-16-4-6-19(7-5-16)25-14-17-3-2-9-23-13-17/h2-11,13H,14H2,1H3/b18-11-. The summed E-state index contributed by atoms with van der Waals surface area (Å²) < 4.78 is 5.71. The molecule has 2 aromatic heterocycles. The zero-order valence-electron chi connectivity index (χ0n) is 14.2. The number of nitrogens with zero attached hydrogens (tertiary/aromatic N) is 2. The van der Waals surface area contributed by atoms with E-state index in [4.69, 9.17) is 4.74 Å². The third kappa shape index (κ3) is 4.24. The highest BCUT2D eigenvalue weighted by Crippen LogP contribution is 2.22. The van der Waals surface area contributed by atoms with Gasteiger partial charge in [-0.05, 0) is 53.8 Å². The van der Waals surface area contributed by atoms with Gasteiger partial charge in [0, 0.05) is 18.0 Å². The summed E-state index contributed by atoms with van der Waals surface area (Å²) in [4.78, 5) is 17.1. The van der Waals surface area contributed by atoms with Crippen molar-refractivity contribution in [2.75, 3.05) is 0 Å². The molecule has 3 aromatic rings. The predicted molar refractivity (Wildman–Crippen MR) is 102 cm³/mol. The van der Waals surface area contributed by atoms with Crippen molar-refractivity contribution in [1.82, 2.24) is 4.98 Å². The highest BCUT2D eigenvalue weighted by atomic mass is 32.1. The molecule has 2 heterocycles. The van der Waals surface area contributed by atoms with Gasteiger partial charge in [-0.1, -0.05) is 18.2 Å². The number of carbonyl (C=O) groups excluding carboxylic acids is 1. The molecule has 0 unspecified atom stereocenters. The van der Waals surface area contributed by atoms with Gasteiger partial charge >= 0.3 is 0 Å². The smallest absolute Gasteiger partial charge is 0.213 e. The molecule has 0 saturated heterocycles. The number of hydrogen-bond donors (Lipinski definition) is 0. The van der Waals surface area contributed by atoms with E-state index in [0.717, 1.165) is 16.7 Å². The number of hydrogen-bond acceptors (Lipinski definition) is 5. The van der Waals surface area contributed by atoms with E-state index in [9.17, 15) is 10.1 Å². The van der Waals surface area contributed by atoms with Crippen molar-refractivity contribution in [2.24, 2.45) is 0 Å². The highest BCUT2D eigenvalue weighted by Gasteiger charge is 2.15. The van der Waals surface area contributed by atoms with Crippen molar-refractivity contribution in [2.45, 2.75) is 13.5 Å². The van der Waals surface area contributed by atoms with Gasteiger partial charge in [-0.15, -0.1) is 11.3 Å². The van der Waals surface area contributed by atoms with Crippen molar-refractivity contribution >= 4 is 23.2 Å². The Kier molecular flexibility index (Phi) is 5.57. The molecular formula is C21H16N2O2S. The summed E-state index contributed by atoms with van der Waals surface area (Å²) >= 11 is 1.35. The normalized spacial score (nSPS) is 11.0. The zero-order valence-corrected chi connectivity index (χ0v) is 15.0. The maximum atomic E-state index is 12.5. The second kappa shape index (κ2) is 8.24. The number of pyridine rings is 1. The Morgan fingerprint density at radius 1 is 1.27 bits per heavy atom. The third-order valence-corrected chi connectivity index (χ3v) is 4.77. The number of carbonyl (C=O) groups is 1. The number of benzene rings is 1. The number of nitriles is 1. The first-order valence-electron chi connectivity index (χ1n) is 8.00. The number of aryl methyl sites for hydroxylation is 1. The molecule has 1 aromatic carbocycles. The fourth-order valence-electron chi connectivity index (χ4n) is 2.35. The van der Waals surface area contributed by atoms with Crippen LogP contribution in [0.1, 0.15) is 26.4 Å². The van der Waals surface area contributed by atoms with Crippen LogP contribution in [-0.2, 0) is 6.61 Å². The lowest BCUT2D eigenvalue weighted by molar-refractivity contribution is 0.104. The second-order valence-corrected chi connectivity index (χ2v) is 6.57. The number of rotatable bonds is 6. The van der Waals surface area contributed by atoms with Gasteiger partial charge in [0.25, 0.3) is 0 Å². The van der Waals surface area contributed by atoms with Crippen molar-refractivity contribution in [3.05, 3.63) is 87.4 Å². The fourth-order valence-corrected chi connectivity index (χ4v) is 3.23. The van der Waals surface area contributed by atoms with Gasteiger partial charge in [-0.3, -0.25) is 9.78 Å². The minimum atomic E-state index is -0.239. The van der Waals surface area contributed by atoms with Crippen molar-refractivity contribution < 1.29 is 9.53 Å². The van der Waals surface area contributed by atoms with Crippen LogP contribution in [0.3, 0.4) is 0 Å². The van der Waals surface area contributed by atoms with Crippen LogP contribution >= 0.6 is 11.3 Å². The van der Waals surface area contributed by atoms with Crippen LogP contribution < -0.4 is 4.74 Å². The first kappa shape index (κ1) is 17.6. The topological polar surface area (TPSA) is 63.0 Å². The summed E-state index contributed by atoms with van der Waals surface area (Å²) in [7, 11) is 0. The van der Waals surface area contributed by atoms with Crippen LogP contribution in [0.4, 0.5) is 0 Å². The number of aromatic nitrogens is 1. The lowest BCUT2D eigenvalue weighted by Gasteiger charge is -2.06. The van der Waals surface area contributed by atoms with E-state index in [1.165, 1.54) is 11.3 Å². The van der Waals surface area contributed by atoms with Crippen molar-refractivity contribution in [1.29, 1.82) is 5.26 Å². The van der Waals surface area contributed by atoms with Crippen LogP contribution in [0.15, 0.2) is 65.8 Å². The minimum absolute atomic E-state index is 0.125. The number of allylic oxidation sites excluding steroid dienone is 1. The van der Waals surface area contributed by atoms with E-state index in [1.54, 1.807) is 18.5 Å². The van der Waals surface area contributed by atoms with Crippen LogP contribution in [-0.4, -0.2) is 10.8 Å². The average Bonchev–Trinajstić information content (AvgIpc) is 3.11. The second-order valence-electron chi connectivity index (χ2n) is 5.65. The van der Waals surface area contributed by atoms with E-state index in [1.807, 2.05) is 60.8 Å². The number of Topliss-reactive ketones (excluding diaryl/α,β-unsaturated/α-hetero) is 1. The molecule has 0 amide bonds. The molecule has 0 spiro atoms. The van der Waals surface area contributed by atoms with Crippen molar-refractivity contribution in [3.8, 4) is 11.8 Å². The molecule has 0 radical (unpaired) electrons. The molecule has 0 saturated carbocycles. The van der Waals surface area contributed by atoms with E-state index in [-0.39, 0.29) is 11.4 Å². The molecule has 0 atom stereocenters. The number of ketones is 1. The molecule has 0 fully saturated rings. The summed E-state index contributed by atoms with van der Waals surface area (Å²) in [6.07, 6.45) is 5.08. The van der Waals surface area contributed by atoms with Gasteiger partial charge in [0.2, 0.25) is 5.78 Å². The molecule has 26 heavy (non-hydrogen) atoms. The highest BCUT2D eigenvalue weighted by molar-refractivity contribution is 7.12. The largest absolute Gasteiger partial charge is 0.489 e. The Hall–Kier alpha value is -3.23. The first-order valence-corrected chi connectivity index (χ1v) is 8.87. The monoisotopic (exact) mass is 360 g/mol. The molecule has 0 N–H and O–H groups in total. The lowest BCUT2D eigenvalue weighted by Crippen LogP contribution is -2.01. The Balaban J connectivity index is 1.71. The van der Waals surface area contributed by atoms with Crippen LogP contribution in [0.2, 0.25) is 0 Å². The summed E-state index contributed by atoms with van der Waals surface area (Å²) in [5, 5.41) is 11.2. The fraction of sp³-hybridized carbons (Fsp3) is 0.0952. The Morgan fingerprint density at radius 2 is 2.08 bits per heavy atom. The third-order valence-electron chi connectivity index (χ3n) is 3.75. The Bertz CT molecular complexity index is 967. The van der Waals surface area contributed by atoms with E-state index >= 15 is 0 Å². The molecule has 128 valence electrons. The van der Waals surface area contributed by atoms with E-state index < -0.39 is 0 Å². The summed E-state index contributed by atoms with van der Waals surface area (Å²) in [6, 6.07) is 15.0. The van der Waals surface area contributed by atoms with Crippen LogP contribution in [0, 0.1) is 18.3 Å². The summed E-state index contributed by atoms with van der Waals surface area (Å²) in [6.45, 7) is 2.30. The molecular weight excluding hydrogens is 344 g/mol. The van der Waals surface area contributed by atoms with Gasteiger partial charge < -0.3 is 4.74 Å². The Morgan fingerprint density at radius 3 is 2.69 bits per heavy atom. The lowest BCUT2D eigenvalue weighted by atomic mass is 10.1. The van der Waals surface area contributed by atoms with E-state index in [0.29, 0.717) is 17.2 Å². The quantitative estimate of drug-likeness (QED) is 0.359. The molecule has 4 nitrogen and oxygen atoms in total. The van der Waals surface area contributed by atoms with Gasteiger partial charge in [0.1, 0.15) is 24.0 Å². The first-order chi connectivity index (χ1) is 12.7. The molecule has 0 aliphatic rings. The average molecular weight is 360 g/mol. The minimum Gasteiger partial charge on any atom is -0.489 e. The molecule has 0 aliphatic heterocycles. The SMILES string of the molecule is Cc1ccsc1C(=O)/C(C#N)=C\c1ccc(OCc2cccnc2)cc1. The van der Waals surface area contributed by atoms with Gasteiger partial charge in [0.05, 0.1) is 4.88 Å². The van der Waals surface area contributed by atoms with Crippen LogP contribution in [0.5, 0.6) is 5.75 Å². The van der Waals surface area contributed by atoms with Crippen LogP contribution in [0.25, 0.3) is 6.08 Å². The maximum absolute atomic E-state index is 12.5. The molecule has 5 heteroatoms. The molecule has 0 bridgehead atoms.